The number of rotatable bonds is 2. The van der Waals surface area contributed by atoms with Crippen LogP contribution < -0.4 is 5.32 Å². The van der Waals surface area contributed by atoms with E-state index in [1.807, 2.05) is 0 Å². The van der Waals surface area contributed by atoms with Gasteiger partial charge < -0.3 is 5.32 Å². The molecule has 4 heteroatoms. The lowest BCUT2D eigenvalue weighted by molar-refractivity contribution is 0.617. The summed E-state index contributed by atoms with van der Waals surface area (Å²) in [6, 6.07) is 0. The molecular formula is C7H8ClFN2. The van der Waals surface area contributed by atoms with E-state index in [2.05, 4.69) is 10.3 Å². The van der Waals surface area contributed by atoms with Crippen molar-refractivity contribution in [3.05, 3.63) is 28.8 Å². The third kappa shape index (κ3) is 1.88. The minimum absolute atomic E-state index is 0.148. The van der Waals surface area contributed by atoms with Gasteiger partial charge in [0.15, 0.2) is 5.82 Å². The van der Waals surface area contributed by atoms with Crippen molar-refractivity contribution in [1.82, 2.24) is 10.3 Å². The summed E-state index contributed by atoms with van der Waals surface area (Å²) in [6.45, 7) is 0.531. The molecule has 0 atom stereocenters. The minimum Gasteiger partial charge on any atom is -0.316 e. The Morgan fingerprint density at radius 1 is 1.64 bits per heavy atom. The number of hydrogen-bond donors (Lipinski definition) is 1. The lowest BCUT2D eigenvalue weighted by Crippen LogP contribution is -2.06. The van der Waals surface area contributed by atoms with Crippen LogP contribution in [-0.4, -0.2) is 12.0 Å². The normalized spacial score (nSPS) is 10.1. The van der Waals surface area contributed by atoms with Crippen LogP contribution in [0.3, 0.4) is 0 Å². The number of nitrogens with zero attached hydrogens (tertiary/aromatic N) is 1. The first-order valence-corrected chi connectivity index (χ1v) is 3.56. The highest BCUT2D eigenvalue weighted by molar-refractivity contribution is 6.31. The predicted octanol–water partition coefficient (Wildman–Crippen LogP) is 1.59. The molecule has 2 nitrogen and oxygen atoms in total. The topological polar surface area (TPSA) is 24.9 Å². The average Bonchev–Trinajstić information content (AvgIpc) is 1.99. The summed E-state index contributed by atoms with van der Waals surface area (Å²) in [5.74, 6) is -0.473. The van der Waals surface area contributed by atoms with Crippen molar-refractivity contribution >= 4 is 11.6 Å². The summed E-state index contributed by atoms with van der Waals surface area (Å²) in [5, 5.41) is 3.01. The van der Waals surface area contributed by atoms with Crippen molar-refractivity contribution in [2.75, 3.05) is 7.05 Å². The Labute approximate surface area is 69.4 Å². The SMILES string of the molecule is CNCc1cncc(F)c1Cl. The summed E-state index contributed by atoms with van der Waals surface area (Å²) in [7, 11) is 1.77. The van der Waals surface area contributed by atoms with Gasteiger partial charge in [-0.2, -0.15) is 0 Å². The van der Waals surface area contributed by atoms with Crippen LogP contribution in [0.1, 0.15) is 5.56 Å². The van der Waals surface area contributed by atoms with Crippen LogP contribution in [0.15, 0.2) is 12.4 Å². The molecule has 0 aliphatic heterocycles. The third-order valence-corrected chi connectivity index (χ3v) is 1.70. The van der Waals surface area contributed by atoms with Crippen molar-refractivity contribution in [1.29, 1.82) is 0 Å². The molecular weight excluding hydrogens is 167 g/mol. The number of pyridine rings is 1. The summed E-state index contributed by atoms with van der Waals surface area (Å²) < 4.78 is 12.7. The first-order valence-electron chi connectivity index (χ1n) is 3.18. The van der Waals surface area contributed by atoms with Gasteiger partial charge in [-0.15, -0.1) is 0 Å². The maximum absolute atomic E-state index is 12.7. The standard InChI is InChI=1S/C7H8ClFN2/c1-10-2-5-3-11-4-6(9)7(5)8/h3-4,10H,2H2,1H3. The Hall–Kier alpha value is -0.670. The van der Waals surface area contributed by atoms with E-state index in [0.29, 0.717) is 12.1 Å². The van der Waals surface area contributed by atoms with Gasteiger partial charge in [-0.25, -0.2) is 4.39 Å². The molecule has 1 N–H and O–H groups in total. The van der Waals surface area contributed by atoms with Crippen LogP contribution in [0.2, 0.25) is 5.02 Å². The number of halogens is 2. The quantitative estimate of drug-likeness (QED) is 0.737. The smallest absolute Gasteiger partial charge is 0.160 e. The van der Waals surface area contributed by atoms with Crippen LogP contribution in [0.4, 0.5) is 4.39 Å². The van der Waals surface area contributed by atoms with Crippen LogP contribution in [-0.2, 0) is 6.54 Å². The van der Waals surface area contributed by atoms with E-state index in [-0.39, 0.29) is 5.02 Å². The molecule has 0 fully saturated rings. The summed E-state index contributed by atoms with van der Waals surface area (Å²) in [6.07, 6.45) is 2.64. The fraction of sp³-hybridized carbons (Fsp3) is 0.286. The van der Waals surface area contributed by atoms with Crippen LogP contribution in [0, 0.1) is 5.82 Å². The molecule has 1 aromatic rings. The molecule has 0 amide bonds. The Balaban J connectivity index is 2.96. The molecule has 1 aromatic heterocycles. The van der Waals surface area contributed by atoms with Gasteiger partial charge >= 0.3 is 0 Å². The van der Waals surface area contributed by atoms with Crippen LogP contribution in [0.25, 0.3) is 0 Å². The van der Waals surface area contributed by atoms with Gasteiger partial charge in [0.25, 0.3) is 0 Å². The van der Waals surface area contributed by atoms with E-state index in [9.17, 15) is 4.39 Å². The number of hydrogen-bond acceptors (Lipinski definition) is 2. The van der Waals surface area contributed by atoms with Gasteiger partial charge in [0, 0.05) is 18.3 Å². The van der Waals surface area contributed by atoms with E-state index in [4.69, 9.17) is 11.6 Å². The van der Waals surface area contributed by atoms with Gasteiger partial charge in [0.1, 0.15) is 0 Å². The number of aromatic nitrogens is 1. The van der Waals surface area contributed by atoms with Crippen molar-refractivity contribution in [3.8, 4) is 0 Å². The summed E-state index contributed by atoms with van der Waals surface area (Å²) >= 11 is 5.62. The lowest BCUT2D eigenvalue weighted by Gasteiger charge is -2.01. The molecule has 0 aliphatic carbocycles. The molecule has 0 radical (unpaired) electrons. The number of nitrogens with one attached hydrogen (secondary N) is 1. The van der Waals surface area contributed by atoms with Gasteiger partial charge in [0.2, 0.25) is 0 Å². The second-order valence-electron chi connectivity index (χ2n) is 2.12. The largest absolute Gasteiger partial charge is 0.316 e. The molecule has 0 aliphatic rings. The maximum atomic E-state index is 12.7. The van der Waals surface area contributed by atoms with Crippen molar-refractivity contribution in [2.45, 2.75) is 6.54 Å². The van der Waals surface area contributed by atoms with E-state index in [0.717, 1.165) is 6.20 Å². The second kappa shape index (κ2) is 3.64. The first-order chi connectivity index (χ1) is 5.25. The van der Waals surface area contributed by atoms with E-state index < -0.39 is 5.82 Å². The van der Waals surface area contributed by atoms with Crippen molar-refractivity contribution in [3.63, 3.8) is 0 Å². The monoisotopic (exact) mass is 174 g/mol. The Morgan fingerprint density at radius 3 is 3.00 bits per heavy atom. The van der Waals surface area contributed by atoms with Crippen LogP contribution >= 0.6 is 11.6 Å². The zero-order valence-corrected chi connectivity index (χ0v) is 6.82. The molecule has 11 heavy (non-hydrogen) atoms. The van der Waals surface area contributed by atoms with Gasteiger partial charge in [0.05, 0.1) is 11.2 Å². The Kier molecular flexibility index (Phi) is 2.79. The molecule has 0 spiro atoms. The zero-order chi connectivity index (χ0) is 8.27. The lowest BCUT2D eigenvalue weighted by atomic mass is 10.3. The minimum atomic E-state index is -0.473. The second-order valence-corrected chi connectivity index (χ2v) is 2.50. The first kappa shape index (κ1) is 8.43. The molecule has 0 aromatic carbocycles. The summed E-state index contributed by atoms with van der Waals surface area (Å²) in [4.78, 5) is 3.66. The van der Waals surface area contributed by atoms with Gasteiger partial charge in [-0.3, -0.25) is 4.98 Å². The molecule has 1 heterocycles. The highest BCUT2D eigenvalue weighted by Crippen LogP contribution is 2.17. The highest BCUT2D eigenvalue weighted by Gasteiger charge is 2.04. The van der Waals surface area contributed by atoms with Crippen LogP contribution in [0.5, 0.6) is 0 Å². The van der Waals surface area contributed by atoms with E-state index in [1.165, 1.54) is 0 Å². The molecule has 60 valence electrons. The van der Waals surface area contributed by atoms with E-state index in [1.54, 1.807) is 13.2 Å². The van der Waals surface area contributed by atoms with Crippen molar-refractivity contribution < 1.29 is 4.39 Å². The highest BCUT2D eigenvalue weighted by atomic mass is 35.5. The zero-order valence-electron chi connectivity index (χ0n) is 6.06. The third-order valence-electron chi connectivity index (χ3n) is 1.28. The van der Waals surface area contributed by atoms with Gasteiger partial charge in [-0.05, 0) is 7.05 Å². The maximum Gasteiger partial charge on any atom is 0.160 e. The summed E-state index contributed by atoms with van der Waals surface area (Å²) in [5.41, 5.74) is 0.675. The molecule has 0 bridgehead atoms. The van der Waals surface area contributed by atoms with Gasteiger partial charge in [-0.1, -0.05) is 11.6 Å². The molecule has 0 saturated carbocycles. The molecule has 1 rings (SSSR count). The molecule has 0 unspecified atom stereocenters. The fourth-order valence-electron chi connectivity index (χ4n) is 0.773. The Bertz CT molecular complexity index is 252. The Morgan fingerprint density at radius 2 is 2.36 bits per heavy atom. The fourth-order valence-corrected chi connectivity index (χ4v) is 0.938. The average molecular weight is 175 g/mol. The predicted molar refractivity (Wildman–Crippen MR) is 42.0 cm³/mol. The van der Waals surface area contributed by atoms with E-state index >= 15 is 0 Å². The molecule has 0 saturated heterocycles. The van der Waals surface area contributed by atoms with Crippen molar-refractivity contribution in [2.24, 2.45) is 0 Å².